The highest BCUT2D eigenvalue weighted by Gasteiger charge is 2.53. The zero-order chi connectivity index (χ0) is 14.8. The van der Waals surface area contributed by atoms with Crippen LogP contribution < -0.4 is 5.32 Å². The van der Waals surface area contributed by atoms with E-state index in [4.69, 9.17) is 0 Å². The zero-order valence-corrected chi connectivity index (χ0v) is 12.4. The summed E-state index contributed by atoms with van der Waals surface area (Å²) in [5.41, 5.74) is -0.988. The molecule has 5 nitrogen and oxygen atoms in total. The molecule has 1 atom stereocenters. The summed E-state index contributed by atoms with van der Waals surface area (Å²) < 4.78 is 0. The minimum atomic E-state index is -0.988. The summed E-state index contributed by atoms with van der Waals surface area (Å²) >= 11 is 0. The van der Waals surface area contributed by atoms with Gasteiger partial charge < -0.3 is 0 Å². The molecule has 2 aliphatic rings. The van der Waals surface area contributed by atoms with Crippen molar-refractivity contribution in [3.05, 3.63) is 0 Å². The van der Waals surface area contributed by atoms with Crippen LogP contribution >= 0.6 is 0 Å². The van der Waals surface area contributed by atoms with E-state index in [-0.39, 0.29) is 17.7 Å². The third-order valence-electron chi connectivity index (χ3n) is 4.70. The van der Waals surface area contributed by atoms with Crippen LogP contribution in [-0.4, -0.2) is 29.3 Å². The van der Waals surface area contributed by atoms with Crippen LogP contribution in [-0.2, 0) is 9.59 Å². The normalized spacial score (nSPS) is 24.5. The number of imide groups is 2. The lowest BCUT2D eigenvalue weighted by molar-refractivity contribution is -0.153. The molecule has 0 bridgehead atoms. The molecule has 1 aliphatic carbocycles. The summed E-state index contributed by atoms with van der Waals surface area (Å²) in [4.78, 5) is 38.3. The van der Waals surface area contributed by atoms with Crippen LogP contribution in [0.5, 0.6) is 0 Å². The monoisotopic (exact) mass is 280 g/mol. The highest BCUT2D eigenvalue weighted by molar-refractivity contribution is 6.19. The van der Waals surface area contributed by atoms with Gasteiger partial charge in [0.2, 0.25) is 11.8 Å². The van der Waals surface area contributed by atoms with Crippen LogP contribution in [0.15, 0.2) is 0 Å². The molecule has 1 saturated carbocycles. The summed E-state index contributed by atoms with van der Waals surface area (Å²) in [6, 6.07) is -0.546. The predicted molar refractivity (Wildman–Crippen MR) is 74.8 cm³/mol. The first-order valence-electron chi connectivity index (χ1n) is 7.68. The second-order valence-corrected chi connectivity index (χ2v) is 6.18. The Kier molecular flexibility index (Phi) is 4.45. The molecule has 1 aliphatic heterocycles. The molecule has 1 heterocycles. The van der Waals surface area contributed by atoms with Gasteiger partial charge >= 0.3 is 6.03 Å². The maximum Gasteiger partial charge on any atom is 0.330 e. The molecule has 0 aromatic carbocycles. The van der Waals surface area contributed by atoms with Gasteiger partial charge in [0.25, 0.3) is 0 Å². The topological polar surface area (TPSA) is 66.5 Å². The highest BCUT2D eigenvalue weighted by Crippen LogP contribution is 2.39. The lowest BCUT2D eigenvalue weighted by atomic mass is 9.76. The number of nitrogens with one attached hydrogen (secondary N) is 1. The maximum atomic E-state index is 12.8. The van der Waals surface area contributed by atoms with Gasteiger partial charge in [-0.05, 0) is 18.8 Å². The number of hydrogen-bond acceptors (Lipinski definition) is 3. The fraction of sp³-hybridized carbons (Fsp3) is 0.800. The quantitative estimate of drug-likeness (QED) is 0.807. The van der Waals surface area contributed by atoms with Crippen molar-refractivity contribution in [1.29, 1.82) is 0 Å². The number of urea groups is 1. The molecule has 2 fully saturated rings. The van der Waals surface area contributed by atoms with E-state index in [1.54, 1.807) is 0 Å². The summed E-state index contributed by atoms with van der Waals surface area (Å²) in [6.45, 7) is 4.44. The maximum absolute atomic E-state index is 12.8. The molecule has 5 heteroatoms. The van der Waals surface area contributed by atoms with Crippen molar-refractivity contribution in [1.82, 2.24) is 10.2 Å². The third kappa shape index (κ3) is 2.58. The summed E-state index contributed by atoms with van der Waals surface area (Å²) in [5, 5.41) is 2.40. The number of nitrogens with zero attached hydrogens (tertiary/aromatic N) is 1. The van der Waals surface area contributed by atoms with Crippen LogP contribution in [0.25, 0.3) is 0 Å². The lowest BCUT2D eigenvalue weighted by Crippen LogP contribution is -2.64. The fourth-order valence-corrected chi connectivity index (χ4v) is 3.11. The van der Waals surface area contributed by atoms with E-state index in [0.29, 0.717) is 19.4 Å². The summed E-state index contributed by atoms with van der Waals surface area (Å²) in [7, 11) is 0. The van der Waals surface area contributed by atoms with Gasteiger partial charge in [0.05, 0.1) is 0 Å². The van der Waals surface area contributed by atoms with Gasteiger partial charge in [0, 0.05) is 6.54 Å². The van der Waals surface area contributed by atoms with Crippen molar-refractivity contribution in [2.24, 2.45) is 11.3 Å². The van der Waals surface area contributed by atoms with Gasteiger partial charge in [-0.3, -0.25) is 19.8 Å². The van der Waals surface area contributed by atoms with E-state index in [1.807, 2.05) is 13.8 Å². The number of rotatable bonds is 3. The van der Waals surface area contributed by atoms with E-state index < -0.39 is 11.4 Å². The van der Waals surface area contributed by atoms with Crippen LogP contribution in [0.4, 0.5) is 4.79 Å². The van der Waals surface area contributed by atoms with Gasteiger partial charge in [-0.2, -0.15) is 0 Å². The van der Waals surface area contributed by atoms with Crippen molar-refractivity contribution in [2.45, 2.75) is 58.8 Å². The molecule has 0 aromatic heterocycles. The number of carbonyl (C=O) groups is 3. The Hall–Kier alpha value is -1.39. The smallest absolute Gasteiger partial charge is 0.277 e. The molecule has 1 saturated heterocycles. The molecule has 1 N–H and O–H groups in total. The number of hydrogen-bond donors (Lipinski definition) is 1. The molecule has 1 spiro atoms. The first-order valence-corrected chi connectivity index (χ1v) is 7.68. The van der Waals surface area contributed by atoms with E-state index in [9.17, 15) is 14.4 Å². The first-order chi connectivity index (χ1) is 9.51. The fourth-order valence-electron chi connectivity index (χ4n) is 3.11. The van der Waals surface area contributed by atoms with E-state index >= 15 is 0 Å². The molecule has 2 rings (SSSR count). The molecule has 112 valence electrons. The molecular formula is C15H24N2O3. The minimum Gasteiger partial charge on any atom is -0.277 e. The van der Waals surface area contributed by atoms with Gasteiger partial charge in [-0.1, -0.05) is 46.0 Å². The molecule has 20 heavy (non-hydrogen) atoms. The van der Waals surface area contributed by atoms with Gasteiger partial charge in [0.15, 0.2) is 0 Å². The first kappa shape index (κ1) is 15.0. The van der Waals surface area contributed by atoms with Gasteiger partial charge in [0.1, 0.15) is 5.41 Å². The zero-order valence-electron chi connectivity index (χ0n) is 12.4. The van der Waals surface area contributed by atoms with Crippen molar-refractivity contribution in [3.63, 3.8) is 0 Å². The van der Waals surface area contributed by atoms with Crippen molar-refractivity contribution in [3.8, 4) is 0 Å². The van der Waals surface area contributed by atoms with E-state index in [1.165, 1.54) is 4.90 Å². The minimum absolute atomic E-state index is 0.251. The molecular weight excluding hydrogens is 256 g/mol. The average Bonchev–Trinajstić information content (AvgIpc) is 2.68. The Labute approximate surface area is 120 Å². The Morgan fingerprint density at radius 2 is 1.75 bits per heavy atom. The molecule has 4 amide bonds. The van der Waals surface area contributed by atoms with Crippen LogP contribution in [0.1, 0.15) is 58.8 Å². The van der Waals surface area contributed by atoms with E-state index in [2.05, 4.69) is 5.32 Å². The number of amides is 4. The second-order valence-electron chi connectivity index (χ2n) is 6.18. The SMILES string of the molecule is CCC(C)CN1C(=O)NC(=O)C2(CCCCCC2)C1=O. The standard InChI is InChI=1S/C15H24N2O3/c1-3-11(2)10-17-13(19)15(12(18)16-14(17)20)8-6-4-5-7-9-15/h11H,3-10H2,1-2H3,(H,16,18,20). The van der Waals surface area contributed by atoms with Crippen LogP contribution in [0.3, 0.4) is 0 Å². The summed E-state index contributed by atoms with van der Waals surface area (Å²) in [6.07, 6.45) is 5.92. The Balaban J connectivity index is 2.25. The largest absolute Gasteiger partial charge is 0.330 e. The number of barbiturate groups is 1. The lowest BCUT2D eigenvalue weighted by Gasteiger charge is -2.39. The molecule has 1 unspecified atom stereocenters. The molecule has 0 radical (unpaired) electrons. The van der Waals surface area contributed by atoms with Crippen molar-refractivity contribution in [2.75, 3.05) is 6.54 Å². The van der Waals surface area contributed by atoms with Gasteiger partial charge in [-0.25, -0.2) is 4.79 Å². The Bertz CT molecular complexity index is 411. The Morgan fingerprint density at radius 1 is 1.15 bits per heavy atom. The third-order valence-corrected chi connectivity index (χ3v) is 4.70. The van der Waals surface area contributed by atoms with Gasteiger partial charge in [-0.15, -0.1) is 0 Å². The van der Waals surface area contributed by atoms with Crippen LogP contribution in [0.2, 0.25) is 0 Å². The Morgan fingerprint density at radius 3 is 2.30 bits per heavy atom. The van der Waals surface area contributed by atoms with Crippen molar-refractivity contribution >= 4 is 17.8 Å². The average molecular weight is 280 g/mol. The second kappa shape index (κ2) is 5.94. The van der Waals surface area contributed by atoms with E-state index in [0.717, 1.165) is 32.1 Å². The summed E-state index contributed by atoms with van der Waals surface area (Å²) in [5.74, 6) is -0.399. The van der Waals surface area contributed by atoms with Crippen LogP contribution in [0, 0.1) is 11.3 Å². The van der Waals surface area contributed by atoms with Crippen molar-refractivity contribution < 1.29 is 14.4 Å². The molecule has 0 aromatic rings. The highest BCUT2D eigenvalue weighted by atomic mass is 16.2. The predicted octanol–water partition coefficient (Wildman–Crippen LogP) is 2.45. The number of carbonyl (C=O) groups excluding carboxylic acids is 3.